The Morgan fingerprint density at radius 3 is 2.64 bits per heavy atom. The van der Waals surface area contributed by atoms with Crippen molar-refractivity contribution in [1.29, 1.82) is 0 Å². The maximum atomic E-state index is 13.5. The van der Waals surface area contributed by atoms with Crippen molar-refractivity contribution < 1.29 is 9.32 Å². The number of likely N-dealkylation sites (tertiary alicyclic amines) is 1. The van der Waals surface area contributed by atoms with Crippen molar-refractivity contribution in [3.8, 4) is 11.4 Å². The minimum Gasteiger partial charge on any atom is -0.345 e. The first kappa shape index (κ1) is 24.4. The number of amides is 1. The lowest BCUT2D eigenvalue weighted by molar-refractivity contribution is -0.127. The molecule has 4 aromatic rings. The Bertz CT molecular complexity index is 1310. The second-order valence-electron chi connectivity index (χ2n) is 9.36. The van der Waals surface area contributed by atoms with E-state index < -0.39 is 0 Å². The Balaban J connectivity index is 1.26. The van der Waals surface area contributed by atoms with Crippen molar-refractivity contribution in [2.75, 3.05) is 13.1 Å². The van der Waals surface area contributed by atoms with Crippen LogP contribution in [0.4, 0.5) is 0 Å². The topological polar surface area (TPSA) is 71.3 Å². The molecule has 1 amide bonds. The number of aryl methyl sites for hydroxylation is 1. The number of benzene rings is 3. The third-order valence-corrected chi connectivity index (χ3v) is 7.13. The maximum Gasteiger partial charge on any atom is 0.241 e. The summed E-state index contributed by atoms with van der Waals surface area (Å²) >= 11 is 3.45. The minimum absolute atomic E-state index is 0.0798. The Hall–Kier alpha value is -3.29. The summed E-state index contributed by atoms with van der Waals surface area (Å²) < 4.78 is 6.53. The molecule has 2 atom stereocenters. The summed E-state index contributed by atoms with van der Waals surface area (Å²) in [5.74, 6) is 1.13. The molecule has 1 N–H and O–H groups in total. The van der Waals surface area contributed by atoms with Gasteiger partial charge >= 0.3 is 0 Å². The number of nitrogens with one attached hydrogen (secondary N) is 1. The summed E-state index contributed by atoms with van der Waals surface area (Å²) in [6.07, 6.45) is 1.82. The molecule has 184 valence electrons. The van der Waals surface area contributed by atoms with Crippen molar-refractivity contribution in [3.05, 3.63) is 106 Å². The van der Waals surface area contributed by atoms with Crippen LogP contribution in [0.5, 0.6) is 0 Å². The van der Waals surface area contributed by atoms with E-state index in [-0.39, 0.29) is 17.9 Å². The predicted octanol–water partition coefficient (Wildman–Crippen LogP) is 5.93. The predicted molar refractivity (Wildman–Crippen MR) is 143 cm³/mol. The maximum absolute atomic E-state index is 13.5. The summed E-state index contributed by atoms with van der Waals surface area (Å²) in [4.78, 5) is 20.3. The molecule has 0 bridgehead atoms. The molecule has 0 aliphatic carbocycles. The summed E-state index contributed by atoms with van der Waals surface area (Å²) in [5.41, 5.74) is 4.25. The summed E-state index contributed by atoms with van der Waals surface area (Å²) in [5, 5.41) is 7.48. The number of piperidine rings is 1. The van der Waals surface area contributed by atoms with Gasteiger partial charge in [0, 0.05) is 16.6 Å². The van der Waals surface area contributed by atoms with Gasteiger partial charge in [-0.3, -0.25) is 9.69 Å². The van der Waals surface area contributed by atoms with Gasteiger partial charge in [-0.15, -0.1) is 0 Å². The van der Waals surface area contributed by atoms with Crippen LogP contribution in [0.15, 0.2) is 87.9 Å². The molecule has 0 radical (unpaired) electrons. The Morgan fingerprint density at radius 2 is 1.86 bits per heavy atom. The highest BCUT2D eigenvalue weighted by Crippen LogP contribution is 2.26. The molecule has 1 aromatic heterocycles. The molecule has 7 heteroatoms. The zero-order chi connectivity index (χ0) is 24.9. The molecular formula is C29H29BrN4O2. The monoisotopic (exact) mass is 544 g/mol. The Kier molecular flexibility index (Phi) is 7.58. The minimum atomic E-state index is -0.182. The first-order chi connectivity index (χ1) is 17.5. The van der Waals surface area contributed by atoms with E-state index in [0.29, 0.717) is 24.8 Å². The number of halogens is 1. The van der Waals surface area contributed by atoms with Gasteiger partial charge in [-0.05, 0) is 61.7 Å². The lowest BCUT2D eigenvalue weighted by atomic mass is 9.93. The molecule has 1 aliphatic rings. The normalized spacial score (nSPS) is 17.0. The Morgan fingerprint density at radius 1 is 1.08 bits per heavy atom. The van der Waals surface area contributed by atoms with Gasteiger partial charge < -0.3 is 9.84 Å². The van der Waals surface area contributed by atoms with Crippen LogP contribution < -0.4 is 5.32 Å². The molecule has 0 saturated carbocycles. The molecule has 1 fully saturated rings. The van der Waals surface area contributed by atoms with E-state index in [2.05, 4.69) is 73.5 Å². The highest BCUT2D eigenvalue weighted by atomic mass is 79.9. The number of carbonyl (C=O) groups excluding carboxylic acids is 1. The second kappa shape index (κ2) is 11.2. The number of hydrogen-bond acceptors (Lipinski definition) is 5. The van der Waals surface area contributed by atoms with Crippen LogP contribution in [-0.4, -0.2) is 34.0 Å². The number of aromatic nitrogens is 2. The molecular weight excluding hydrogens is 516 g/mol. The van der Waals surface area contributed by atoms with Gasteiger partial charge in [0.1, 0.15) is 0 Å². The van der Waals surface area contributed by atoms with Crippen molar-refractivity contribution in [2.45, 2.75) is 32.4 Å². The number of carbonyl (C=O) groups is 1. The van der Waals surface area contributed by atoms with Crippen molar-refractivity contribution in [3.63, 3.8) is 0 Å². The van der Waals surface area contributed by atoms with E-state index in [4.69, 9.17) is 4.52 Å². The summed E-state index contributed by atoms with van der Waals surface area (Å²) in [6, 6.07) is 26.1. The molecule has 5 rings (SSSR count). The molecule has 36 heavy (non-hydrogen) atoms. The molecule has 2 heterocycles. The Labute approximate surface area is 219 Å². The van der Waals surface area contributed by atoms with E-state index >= 15 is 0 Å². The first-order valence-corrected chi connectivity index (χ1v) is 13.1. The SMILES string of the molecule is Cc1cccc(C(NC(=O)C2CCCN(Cc3nc(-c4ccc(Br)cc4)no3)C2)c2ccccc2)c1. The van der Waals surface area contributed by atoms with Crippen molar-refractivity contribution in [2.24, 2.45) is 5.92 Å². The highest BCUT2D eigenvalue weighted by Gasteiger charge is 2.29. The summed E-state index contributed by atoms with van der Waals surface area (Å²) in [6.45, 7) is 4.18. The quantitative estimate of drug-likeness (QED) is 0.312. The largest absolute Gasteiger partial charge is 0.345 e. The van der Waals surface area contributed by atoms with Gasteiger partial charge in [0.2, 0.25) is 17.6 Å². The lowest BCUT2D eigenvalue weighted by Gasteiger charge is -2.32. The number of hydrogen-bond donors (Lipinski definition) is 1. The zero-order valence-electron chi connectivity index (χ0n) is 20.2. The number of rotatable bonds is 7. The third kappa shape index (κ3) is 5.91. The third-order valence-electron chi connectivity index (χ3n) is 6.60. The van der Waals surface area contributed by atoms with E-state index in [1.807, 2.05) is 48.5 Å². The molecule has 2 unspecified atom stereocenters. The van der Waals surface area contributed by atoms with Crippen LogP contribution in [0.3, 0.4) is 0 Å². The standard InChI is InChI=1S/C29H29BrN4O2/c1-20-7-5-10-23(17-20)27(21-8-3-2-4-9-21)32-29(35)24-11-6-16-34(18-24)19-26-31-28(33-36-26)22-12-14-25(30)15-13-22/h2-5,7-10,12-15,17,24,27H,6,11,16,18-19H2,1H3,(H,32,35). The summed E-state index contributed by atoms with van der Waals surface area (Å²) in [7, 11) is 0. The van der Waals surface area contributed by atoms with Crippen LogP contribution in [0, 0.1) is 12.8 Å². The van der Waals surface area contributed by atoms with Gasteiger partial charge in [-0.1, -0.05) is 81.2 Å². The lowest BCUT2D eigenvalue weighted by Crippen LogP contribution is -2.43. The van der Waals surface area contributed by atoms with Crippen LogP contribution in [0.2, 0.25) is 0 Å². The van der Waals surface area contributed by atoms with Gasteiger partial charge in [-0.25, -0.2) is 0 Å². The van der Waals surface area contributed by atoms with Crippen LogP contribution in [-0.2, 0) is 11.3 Å². The molecule has 3 aromatic carbocycles. The van der Waals surface area contributed by atoms with E-state index in [9.17, 15) is 4.79 Å². The fraction of sp³-hybridized carbons (Fsp3) is 0.276. The molecule has 6 nitrogen and oxygen atoms in total. The fourth-order valence-electron chi connectivity index (χ4n) is 4.75. The first-order valence-electron chi connectivity index (χ1n) is 12.3. The molecule has 0 spiro atoms. The van der Waals surface area contributed by atoms with E-state index in [1.54, 1.807) is 0 Å². The smallest absolute Gasteiger partial charge is 0.241 e. The van der Waals surface area contributed by atoms with Crippen LogP contribution in [0.25, 0.3) is 11.4 Å². The average molecular weight is 545 g/mol. The average Bonchev–Trinajstić information content (AvgIpc) is 3.36. The van der Waals surface area contributed by atoms with E-state index in [0.717, 1.165) is 40.5 Å². The van der Waals surface area contributed by atoms with Gasteiger partial charge in [-0.2, -0.15) is 4.98 Å². The second-order valence-corrected chi connectivity index (χ2v) is 10.3. The molecule has 1 aliphatic heterocycles. The van der Waals surface area contributed by atoms with Gasteiger partial charge in [0.25, 0.3) is 0 Å². The van der Waals surface area contributed by atoms with Crippen LogP contribution >= 0.6 is 15.9 Å². The van der Waals surface area contributed by atoms with E-state index in [1.165, 1.54) is 5.56 Å². The van der Waals surface area contributed by atoms with Gasteiger partial charge in [0.15, 0.2) is 0 Å². The fourth-order valence-corrected chi connectivity index (χ4v) is 5.02. The zero-order valence-corrected chi connectivity index (χ0v) is 21.8. The molecule has 1 saturated heterocycles. The highest BCUT2D eigenvalue weighted by molar-refractivity contribution is 9.10. The van der Waals surface area contributed by atoms with Crippen molar-refractivity contribution in [1.82, 2.24) is 20.4 Å². The number of nitrogens with zero attached hydrogens (tertiary/aromatic N) is 3. The van der Waals surface area contributed by atoms with Gasteiger partial charge in [0.05, 0.1) is 18.5 Å². The van der Waals surface area contributed by atoms with Crippen LogP contribution in [0.1, 0.15) is 41.5 Å². The van der Waals surface area contributed by atoms with Crippen molar-refractivity contribution >= 4 is 21.8 Å².